The minimum Gasteiger partial charge on any atom is -0.378 e. The van der Waals surface area contributed by atoms with Crippen LogP contribution in [0.3, 0.4) is 0 Å². The Morgan fingerprint density at radius 1 is 1.10 bits per heavy atom. The van der Waals surface area contributed by atoms with Crippen molar-refractivity contribution in [3.05, 3.63) is 71.6 Å². The zero-order valence-electron chi connectivity index (χ0n) is 17.2. The molecule has 0 atom stereocenters. The van der Waals surface area contributed by atoms with Gasteiger partial charge in [0.1, 0.15) is 18.0 Å². The van der Waals surface area contributed by atoms with Crippen LogP contribution in [0.25, 0.3) is 11.3 Å². The molecule has 3 heterocycles. The molecule has 0 saturated carbocycles. The van der Waals surface area contributed by atoms with Crippen molar-refractivity contribution in [1.29, 1.82) is 0 Å². The molecule has 2 aromatic carbocycles. The monoisotopic (exact) mass is 425 g/mol. The Labute approximate surface area is 180 Å². The number of hydrogen-bond donors (Lipinski definition) is 1. The highest BCUT2D eigenvalue weighted by atomic mass is 19.1. The number of aromatic nitrogens is 3. The van der Waals surface area contributed by atoms with Crippen LogP contribution in [0.5, 0.6) is 0 Å². The average molecular weight is 425 g/mol. The molecule has 5 rings (SSSR count). The van der Waals surface area contributed by atoms with Crippen molar-refractivity contribution in [2.24, 2.45) is 0 Å². The Kier molecular flexibility index (Phi) is 5.25. The minimum atomic E-state index is -0.660. The normalized spacial score (nSPS) is 17.3. The first-order valence-corrected chi connectivity index (χ1v) is 10.3. The number of nitrogens with one attached hydrogen (secondary N) is 1. The van der Waals surface area contributed by atoms with Gasteiger partial charge in [0.05, 0.1) is 24.9 Å². The first kappa shape index (κ1) is 19.8. The third-order valence-corrected chi connectivity index (χ3v) is 5.69. The van der Waals surface area contributed by atoms with E-state index in [1.807, 2.05) is 6.07 Å². The Balaban J connectivity index is 0.00000245. The van der Waals surface area contributed by atoms with Gasteiger partial charge in [-0.25, -0.2) is 13.5 Å². The summed E-state index contributed by atoms with van der Waals surface area (Å²) < 4.78 is 33.6. The molecule has 2 aliphatic heterocycles. The van der Waals surface area contributed by atoms with E-state index in [-0.39, 0.29) is 7.11 Å². The molecular formula is C23H25F2N5O. The van der Waals surface area contributed by atoms with Crippen LogP contribution < -0.4 is 5.32 Å². The standard InChI is InChI=1S/C23H23F2N5O.H2/c1-15-6-17(16-2-4-29(5-3-16)22-12-31-13-22)8-20(7-15)27-23-26-14-30(28-23)21-10-18(24)9-19(25)11-21;/h2,6-11,14,22H,3-5,12-13H2,1H3,(H,27,28);1H. The molecule has 6 nitrogen and oxygen atoms in total. The average Bonchev–Trinajstić information content (AvgIpc) is 3.14. The number of nitrogens with zero attached hydrogens (tertiary/aromatic N) is 4. The molecule has 0 amide bonds. The number of aryl methyl sites for hydroxylation is 1. The molecule has 0 aliphatic carbocycles. The van der Waals surface area contributed by atoms with E-state index >= 15 is 0 Å². The van der Waals surface area contributed by atoms with E-state index in [1.54, 1.807) is 0 Å². The number of anilines is 2. The fourth-order valence-electron chi connectivity index (χ4n) is 4.00. The van der Waals surface area contributed by atoms with Gasteiger partial charge in [-0.2, -0.15) is 4.98 Å². The Hall–Kier alpha value is -3.10. The van der Waals surface area contributed by atoms with E-state index in [0.717, 1.165) is 50.0 Å². The number of benzene rings is 2. The van der Waals surface area contributed by atoms with E-state index in [9.17, 15) is 8.78 Å². The molecule has 1 aromatic heterocycles. The summed E-state index contributed by atoms with van der Waals surface area (Å²) in [7, 11) is 0. The van der Waals surface area contributed by atoms with Crippen molar-refractivity contribution >= 4 is 17.2 Å². The van der Waals surface area contributed by atoms with Crippen molar-refractivity contribution in [3.8, 4) is 5.69 Å². The molecule has 162 valence electrons. The molecule has 1 N–H and O–H groups in total. The lowest BCUT2D eigenvalue weighted by Gasteiger charge is -2.38. The Morgan fingerprint density at radius 2 is 1.90 bits per heavy atom. The molecule has 0 spiro atoms. The zero-order chi connectivity index (χ0) is 21.4. The summed E-state index contributed by atoms with van der Waals surface area (Å²) >= 11 is 0. The van der Waals surface area contributed by atoms with Crippen LogP contribution in [-0.2, 0) is 4.74 Å². The molecule has 1 saturated heterocycles. The Bertz CT molecular complexity index is 1120. The molecule has 0 radical (unpaired) electrons. The van der Waals surface area contributed by atoms with Gasteiger partial charge in [-0.15, -0.1) is 5.10 Å². The minimum absolute atomic E-state index is 0. The summed E-state index contributed by atoms with van der Waals surface area (Å²) in [4.78, 5) is 6.69. The summed E-state index contributed by atoms with van der Waals surface area (Å²) in [5.74, 6) is -0.963. The summed E-state index contributed by atoms with van der Waals surface area (Å²) in [6, 6.07) is 10.1. The van der Waals surface area contributed by atoms with Crippen molar-refractivity contribution in [3.63, 3.8) is 0 Å². The highest BCUT2D eigenvalue weighted by Crippen LogP contribution is 2.28. The number of halogens is 2. The van der Waals surface area contributed by atoms with E-state index < -0.39 is 11.6 Å². The van der Waals surface area contributed by atoms with Crippen LogP contribution in [0.15, 0.2) is 48.8 Å². The van der Waals surface area contributed by atoms with Crippen molar-refractivity contribution in [1.82, 2.24) is 19.7 Å². The predicted molar refractivity (Wildman–Crippen MR) is 117 cm³/mol. The first-order valence-electron chi connectivity index (χ1n) is 10.3. The fraction of sp³-hybridized carbons (Fsp3) is 0.304. The molecule has 0 bridgehead atoms. The second-order valence-corrected chi connectivity index (χ2v) is 8.02. The predicted octanol–water partition coefficient (Wildman–Crippen LogP) is 4.33. The lowest BCUT2D eigenvalue weighted by atomic mass is 9.96. The van der Waals surface area contributed by atoms with Crippen LogP contribution in [0.2, 0.25) is 0 Å². The van der Waals surface area contributed by atoms with Crippen molar-refractivity contribution < 1.29 is 14.9 Å². The maximum absolute atomic E-state index is 13.5. The Morgan fingerprint density at radius 3 is 2.58 bits per heavy atom. The number of ether oxygens (including phenoxy) is 1. The largest absolute Gasteiger partial charge is 0.378 e. The van der Waals surface area contributed by atoms with Crippen LogP contribution in [0, 0.1) is 18.6 Å². The fourth-order valence-corrected chi connectivity index (χ4v) is 4.00. The van der Waals surface area contributed by atoms with E-state index in [1.165, 1.54) is 34.3 Å². The highest BCUT2D eigenvalue weighted by molar-refractivity contribution is 5.71. The molecule has 0 unspecified atom stereocenters. The van der Waals surface area contributed by atoms with Gasteiger partial charge in [-0.3, -0.25) is 4.90 Å². The second-order valence-electron chi connectivity index (χ2n) is 8.02. The molecule has 8 heteroatoms. The molecule has 2 aliphatic rings. The van der Waals surface area contributed by atoms with Crippen molar-refractivity contribution in [2.45, 2.75) is 19.4 Å². The van der Waals surface area contributed by atoms with Gasteiger partial charge in [0, 0.05) is 26.3 Å². The molecule has 3 aromatic rings. The summed E-state index contributed by atoms with van der Waals surface area (Å²) in [5, 5.41) is 7.51. The smallest absolute Gasteiger partial charge is 0.246 e. The third-order valence-electron chi connectivity index (χ3n) is 5.69. The zero-order valence-corrected chi connectivity index (χ0v) is 17.2. The van der Waals surface area contributed by atoms with Gasteiger partial charge in [0.2, 0.25) is 5.95 Å². The van der Waals surface area contributed by atoms with Crippen LogP contribution in [0.4, 0.5) is 20.4 Å². The maximum atomic E-state index is 13.5. The third kappa shape index (κ3) is 4.35. The van der Waals surface area contributed by atoms with Gasteiger partial charge in [-0.1, -0.05) is 12.1 Å². The van der Waals surface area contributed by atoms with Gasteiger partial charge in [-0.05, 0) is 54.3 Å². The summed E-state index contributed by atoms with van der Waals surface area (Å²) in [6.45, 7) is 5.70. The summed E-state index contributed by atoms with van der Waals surface area (Å²) in [6.07, 6.45) is 4.72. The second kappa shape index (κ2) is 8.20. The van der Waals surface area contributed by atoms with E-state index in [0.29, 0.717) is 12.0 Å². The number of hydrogen-bond acceptors (Lipinski definition) is 5. The highest BCUT2D eigenvalue weighted by Gasteiger charge is 2.27. The topological polar surface area (TPSA) is 55.2 Å². The van der Waals surface area contributed by atoms with Crippen LogP contribution in [0.1, 0.15) is 19.0 Å². The van der Waals surface area contributed by atoms with Crippen molar-refractivity contribution in [2.75, 3.05) is 31.6 Å². The lowest BCUT2D eigenvalue weighted by molar-refractivity contribution is -0.0612. The van der Waals surface area contributed by atoms with Gasteiger partial charge >= 0.3 is 0 Å². The number of rotatable bonds is 5. The molecule has 1 fully saturated rings. The quantitative estimate of drug-likeness (QED) is 0.659. The SMILES string of the molecule is Cc1cc(Nc2ncn(-c3cc(F)cc(F)c3)n2)cc(C2=CCN(C3COC3)CC2)c1.[HH]. The van der Waals surface area contributed by atoms with E-state index in [2.05, 4.69) is 45.4 Å². The van der Waals surface area contributed by atoms with E-state index in [4.69, 9.17) is 4.74 Å². The summed E-state index contributed by atoms with van der Waals surface area (Å²) in [5.41, 5.74) is 4.78. The maximum Gasteiger partial charge on any atom is 0.246 e. The molecule has 31 heavy (non-hydrogen) atoms. The van der Waals surface area contributed by atoms with Gasteiger partial charge < -0.3 is 10.1 Å². The van der Waals surface area contributed by atoms with Gasteiger partial charge in [0.15, 0.2) is 0 Å². The lowest BCUT2D eigenvalue weighted by Crippen LogP contribution is -2.50. The molecular weight excluding hydrogens is 400 g/mol. The van der Waals surface area contributed by atoms with Gasteiger partial charge in [0.25, 0.3) is 0 Å². The van der Waals surface area contributed by atoms with Crippen LogP contribution >= 0.6 is 0 Å². The first-order chi connectivity index (χ1) is 15.0. The van der Waals surface area contributed by atoms with Crippen LogP contribution in [-0.4, -0.2) is 52.0 Å².